The number of nitrogens with zero attached hydrogens (tertiary/aromatic N) is 1. The molecule has 2 heterocycles. The van der Waals surface area contributed by atoms with E-state index in [9.17, 15) is 9.59 Å². The van der Waals surface area contributed by atoms with Gasteiger partial charge >= 0.3 is 0 Å². The van der Waals surface area contributed by atoms with Crippen molar-refractivity contribution in [3.8, 4) is 0 Å². The molecule has 0 unspecified atom stereocenters. The Hall–Kier alpha value is -1.14. The van der Waals surface area contributed by atoms with Crippen molar-refractivity contribution < 1.29 is 14.3 Å². The van der Waals surface area contributed by atoms with Crippen molar-refractivity contribution in [1.29, 1.82) is 0 Å². The Labute approximate surface area is 202 Å². The van der Waals surface area contributed by atoms with Gasteiger partial charge in [0.05, 0.1) is 12.0 Å². The fourth-order valence-electron chi connectivity index (χ4n) is 5.99. The second kappa shape index (κ2) is 13.1. The van der Waals surface area contributed by atoms with Crippen molar-refractivity contribution >= 4 is 11.8 Å². The van der Waals surface area contributed by atoms with Gasteiger partial charge in [-0.05, 0) is 76.8 Å². The second-order valence-electron chi connectivity index (χ2n) is 11.5. The summed E-state index contributed by atoms with van der Waals surface area (Å²) in [7, 11) is 0. The minimum absolute atomic E-state index is 0.0519. The number of likely N-dealkylation sites (tertiary alicyclic amines) is 1. The van der Waals surface area contributed by atoms with Crippen molar-refractivity contribution in [1.82, 2.24) is 15.5 Å². The molecule has 1 saturated carbocycles. The van der Waals surface area contributed by atoms with Gasteiger partial charge in [0.2, 0.25) is 11.8 Å². The predicted molar refractivity (Wildman–Crippen MR) is 133 cm³/mol. The summed E-state index contributed by atoms with van der Waals surface area (Å²) in [6, 6.07) is -0.524. The summed E-state index contributed by atoms with van der Waals surface area (Å²) in [5.41, 5.74) is -0.338. The van der Waals surface area contributed by atoms with E-state index < -0.39 is 6.04 Å². The van der Waals surface area contributed by atoms with Gasteiger partial charge in [-0.3, -0.25) is 9.59 Å². The fourth-order valence-corrected chi connectivity index (χ4v) is 5.99. The van der Waals surface area contributed by atoms with Crippen molar-refractivity contribution in [2.45, 2.75) is 110 Å². The zero-order valence-electron chi connectivity index (χ0n) is 21.5. The number of rotatable bonds is 4. The largest absolute Gasteiger partial charge is 0.379 e. The Balaban J connectivity index is 1.67. The number of hydrogen-bond acceptors (Lipinski definition) is 4. The molecule has 190 valence electrons. The van der Waals surface area contributed by atoms with Gasteiger partial charge in [-0.2, -0.15) is 0 Å². The van der Waals surface area contributed by atoms with E-state index in [1.54, 1.807) is 0 Å². The first-order valence-corrected chi connectivity index (χ1v) is 13.8. The maximum absolute atomic E-state index is 13.7. The highest BCUT2D eigenvalue weighted by molar-refractivity contribution is 5.90. The van der Waals surface area contributed by atoms with Gasteiger partial charge in [0, 0.05) is 19.2 Å². The average Bonchev–Trinajstić information content (AvgIpc) is 2.79. The lowest BCUT2D eigenvalue weighted by molar-refractivity contribution is -0.139. The Morgan fingerprint density at radius 1 is 0.970 bits per heavy atom. The van der Waals surface area contributed by atoms with Crippen LogP contribution in [0.25, 0.3) is 0 Å². The molecule has 6 nitrogen and oxygen atoms in total. The van der Waals surface area contributed by atoms with Gasteiger partial charge in [0.25, 0.3) is 0 Å². The highest BCUT2D eigenvalue weighted by Crippen LogP contribution is 2.38. The van der Waals surface area contributed by atoms with E-state index in [-0.39, 0.29) is 23.3 Å². The van der Waals surface area contributed by atoms with Crippen LogP contribution in [0.3, 0.4) is 0 Å². The molecular weight excluding hydrogens is 414 g/mol. The minimum atomic E-state index is -0.472. The third-order valence-electron chi connectivity index (χ3n) is 8.07. The Bertz CT molecular complexity index is 610. The van der Waals surface area contributed by atoms with Crippen LogP contribution in [-0.2, 0) is 14.3 Å². The number of carbonyl (C=O) groups is 2. The lowest BCUT2D eigenvalue weighted by Crippen LogP contribution is -2.56. The van der Waals surface area contributed by atoms with Crippen LogP contribution in [0.2, 0.25) is 0 Å². The predicted octanol–water partition coefficient (Wildman–Crippen LogP) is 4.28. The molecule has 2 aliphatic heterocycles. The Morgan fingerprint density at radius 2 is 1.67 bits per heavy atom. The quantitative estimate of drug-likeness (QED) is 0.653. The van der Waals surface area contributed by atoms with E-state index in [0.29, 0.717) is 18.9 Å². The number of carbonyl (C=O) groups excluding carboxylic acids is 2. The summed E-state index contributed by atoms with van der Waals surface area (Å²) in [6.45, 7) is 10.6. The first kappa shape index (κ1) is 26.5. The molecule has 2 N–H and O–H groups in total. The zero-order chi connectivity index (χ0) is 23.7. The van der Waals surface area contributed by atoms with Crippen molar-refractivity contribution in [3.05, 3.63) is 0 Å². The first-order chi connectivity index (χ1) is 15.9. The van der Waals surface area contributed by atoms with Crippen molar-refractivity contribution in [2.24, 2.45) is 17.3 Å². The molecule has 2 amide bonds. The summed E-state index contributed by atoms with van der Waals surface area (Å²) in [5.74, 6) is 1.21. The van der Waals surface area contributed by atoms with Gasteiger partial charge in [-0.1, -0.05) is 46.0 Å². The summed E-state index contributed by atoms with van der Waals surface area (Å²) in [5, 5.41) is 6.29. The van der Waals surface area contributed by atoms with E-state index in [1.807, 2.05) is 6.92 Å². The normalized spacial score (nSPS) is 29.5. The topological polar surface area (TPSA) is 70.7 Å². The number of nitrogens with one attached hydrogen (secondary N) is 2. The van der Waals surface area contributed by atoms with Crippen LogP contribution >= 0.6 is 0 Å². The van der Waals surface area contributed by atoms with E-state index in [1.165, 1.54) is 38.6 Å². The van der Waals surface area contributed by atoms with Crippen molar-refractivity contribution in [3.63, 3.8) is 0 Å². The van der Waals surface area contributed by atoms with Crippen LogP contribution in [-0.4, -0.2) is 61.6 Å². The molecular formula is C27H49N3O3. The third kappa shape index (κ3) is 8.24. The summed E-state index contributed by atoms with van der Waals surface area (Å²) in [6.07, 6.45) is 13.5. The van der Waals surface area contributed by atoms with Crippen LogP contribution in [0, 0.1) is 17.3 Å². The maximum Gasteiger partial charge on any atom is 0.242 e. The number of amides is 2. The fraction of sp³-hybridized carbons (Fsp3) is 0.926. The summed E-state index contributed by atoms with van der Waals surface area (Å²) >= 11 is 0. The Kier molecular flexibility index (Phi) is 10.5. The van der Waals surface area contributed by atoms with E-state index >= 15 is 0 Å². The molecule has 0 radical (unpaired) electrons. The summed E-state index contributed by atoms with van der Waals surface area (Å²) in [4.78, 5) is 29.4. The van der Waals surface area contributed by atoms with E-state index in [2.05, 4.69) is 29.4 Å². The number of piperidine rings is 1. The van der Waals surface area contributed by atoms with E-state index in [4.69, 9.17) is 4.74 Å². The molecule has 6 heteroatoms. The average molecular weight is 464 g/mol. The monoisotopic (exact) mass is 463 g/mol. The molecule has 2 saturated heterocycles. The molecule has 3 fully saturated rings. The van der Waals surface area contributed by atoms with Gasteiger partial charge in [0.15, 0.2) is 0 Å². The molecule has 0 aromatic rings. The van der Waals surface area contributed by atoms with Crippen LogP contribution in [0.15, 0.2) is 0 Å². The SMILES string of the molecule is CC(C)C[C@@H]1NC(=O)C2(CCCCCOC[C@@H](C)NC1=O)CCN(CC1CCCCC1)CC2. The number of ether oxygens (including phenoxy) is 1. The lowest BCUT2D eigenvalue weighted by Gasteiger charge is -2.43. The van der Waals surface area contributed by atoms with Gasteiger partial charge in [-0.25, -0.2) is 0 Å². The molecule has 1 aliphatic carbocycles. The minimum Gasteiger partial charge on any atom is -0.379 e. The highest BCUT2D eigenvalue weighted by atomic mass is 16.5. The maximum atomic E-state index is 13.7. The first-order valence-electron chi connectivity index (χ1n) is 13.8. The third-order valence-corrected chi connectivity index (χ3v) is 8.07. The molecule has 0 bridgehead atoms. The number of hydrogen-bond donors (Lipinski definition) is 2. The van der Waals surface area contributed by atoms with Gasteiger partial charge < -0.3 is 20.3 Å². The van der Waals surface area contributed by atoms with E-state index in [0.717, 1.165) is 64.1 Å². The molecule has 3 rings (SSSR count). The summed E-state index contributed by atoms with van der Waals surface area (Å²) < 4.78 is 5.79. The van der Waals surface area contributed by atoms with Crippen LogP contribution in [0.4, 0.5) is 0 Å². The standard InChI is InChI=1S/C27H49N3O3/c1-21(2)18-24-25(31)28-22(3)20-33-17-9-5-8-12-27(26(32)29-24)13-15-30(16-14-27)19-23-10-6-4-7-11-23/h21-24H,4-20H2,1-3H3,(H,28,31)(H,29,32)/t22-,24+/m1/s1. The van der Waals surface area contributed by atoms with Gasteiger partial charge in [-0.15, -0.1) is 0 Å². The molecule has 1 spiro atoms. The Morgan fingerprint density at radius 3 is 2.36 bits per heavy atom. The van der Waals surface area contributed by atoms with Crippen LogP contribution in [0.5, 0.6) is 0 Å². The molecule has 33 heavy (non-hydrogen) atoms. The molecule has 0 aromatic heterocycles. The zero-order valence-corrected chi connectivity index (χ0v) is 21.5. The van der Waals surface area contributed by atoms with Gasteiger partial charge in [0.1, 0.15) is 6.04 Å². The highest BCUT2D eigenvalue weighted by Gasteiger charge is 2.42. The molecule has 0 aromatic carbocycles. The van der Waals surface area contributed by atoms with Crippen LogP contribution in [0.1, 0.15) is 97.8 Å². The lowest BCUT2D eigenvalue weighted by atomic mass is 9.73. The molecule has 3 aliphatic rings. The van der Waals surface area contributed by atoms with Crippen molar-refractivity contribution in [2.75, 3.05) is 32.8 Å². The molecule has 2 atom stereocenters. The second-order valence-corrected chi connectivity index (χ2v) is 11.5. The smallest absolute Gasteiger partial charge is 0.242 e. The van der Waals surface area contributed by atoms with Crippen LogP contribution < -0.4 is 10.6 Å².